The molecule has 0 aromatic heterocycles. The second kappa shape index (κ2) is 20.9. The summed E-state index contributed by atoms with van der Waals surface area (Å²) in [7, 11) is 0. The first-order valence-electron chi connectivity index (χ1n) is 24.5. The van der Waals surface area contributed by atoms with Gasteiger partial charge in [-0.2, -0.15) is 0 Å². The van der Waals surface area contributed by atoms with E-state index in [0.717, 1.165) is 0 Å². The van der Waals surface area contributed by atoms with Gasteiger partial charge in [0.1, 0.15) is 0 Å². The highest BCUT2D eigenvalue weighted by molar-refractivity contribution is 5.96. The lowest BCUT2D eigenvalue weighted by Crippen LogP contribution is -2.04. The van der Waals surface area contributed by atoms with Crippen molar-refractivity contribution in [2.24, 2.45) is 0 Å². The van der Waals surface area contributed by atoms with Gasteiger partial charge in [0.2, 0.25) is 0 Å². The van der Waals surface area contributed by atoms with Crippen molar-refractivity contribution in [1.29, 1.82) is 0 Å². The maximum Gasteiger partial charge on any atom is -0.0105 e. The molecule has 0 heteroatoms. The fourth-order valence-electron chi connectivity index (χ4n) is 10.4. The molecule has 0 saturated heterocycles. The first kappa shape index (κ1) is 42.9. The number of benzene rings is 8. The second-order valence-electron chi connectivity index (χ2n) is 18.6. The van der Waals surface area contributed by atoms with Crippen LogP contribution in [0, 0.1) is 0 Å². The quantitative estimate of drug-likeness (QED) is 0.107. The lowest BCUT2D eigenvalue weighted by molar-refractivity contribution is 0.443. The van der Waals surface area contributed by atoms with Crippen molar-refractivity contribution in [3.63, 3.8) is 0 Å². The zero-order valence-electron chi connectivity index (χ0n) is 38.2. The van der Waals surface area contributed by atoms with Crippen molar-refractivity contribution in [2.75, 3.05) is 0 Å². The van der Waals surface area contributed by atoms with Gasteiger partial charge in [-0.1, -0.05) is 245 Å². The van der Waals surface area contributed by atoms with Crippen LogP contribution >= 0.6 is 0 Å². The van der Waals surface area contributed by atoms with Crippen LogP contribution in [0.2, 0.25) is 0 Å². The third-order valence-electron chi connectivity index (χ3n) is 14.1. The highest BCUT2D eigenvalue weighted by atomic mass is 14.2. The molecule has 66 heavy (non-hydrogen) atoms. The molecule has 0 unspecified atom stereocenters. The van der Waals surface area contributed by atoms with E-state index in [0.29, 0.717) is 11.8 Å². The Morgan fingerprint density at radius 3 is 1.20 bits per heavy atom. The van der Waals surface area contributed by atoms with Gasteiger partial charge in [0.05, 0.1) is 0 Å². The Labute approximate surface area is 393 Å². The minimum atomic E-state index is 0.709. The molecule has 0 nitrogen and oxygen atoms in total. The van der Waals surface area contributed by atoms with Crippen LogP contribution in [0.3, 0.4) is 0 Å². The van der Waals surface area contributed by atoms with E-state index in [-0.39, 0.29) is 0 Å². The number of fused-ring (bicyclic) bond motifs is 1. The van der Waals surface area contributed by atoms with Gasteiger partial charge in [0, 0.05) is 0 Å². The summed E-state index contributed by atoms with van der Waals surface area (Å²) in [5.74, 6) is 1.42. The average Bonchev–Trinajstić information content (AvgIpc) is 3.40. The number of hydrogen-bond donors (Lipinski definition) is 0. The van der Waals surface area contributed by atoms with Gasteiger partial charge in [-0.25, -0.2) is 0 Å². The van der Waals surface area contributed by atoms with Crippen LogP contribution in [0.4, 0.5) is 0 Å². The Bertz CT molecular complexity index is 2950. The van der Waals surface area contributed by atoms with E-state index < -0.39 is 0 Å². The molecule has 8 aromatic rings. The molecule has 0 bridgehead atoms. The van der Waals surface area contributed by atoms with E-state index in [1.165, 1.54) is 153 Å². The third-order valence-corrected chi connectivity index (χ3v) is 14.1. The molecule has 0 spiro atoms. The molecular formula is C66H60. The molecule has 10 rings (SSSR count). The minimum Gasteiger partial charge on any atom is -0.0622 e. The zero-order valence-corrected chi connectivity index (χ0v) is 38.2. The molecule has 324 valence electrons. The SMILES string of the molecule is C(=Cc1cc(C=Cc2ccc(C=C(c3ccccc3)c3ccc(C4CCCCC4)cc3)cc2)c2ccccc2c1)c1ccc(C=C(c2ccccc2)c2ccc(C3CCCCC3)cc2)cc1. The van der Waals surface area contributed by atoms with E-state index in [9.17, 15) is 0 Å². The van der Waals surface area contributed by atoms with Gasteiger partial charge < -0.3 is 0 Å². The Kier molecular flexibility index (Phi) is 13.6. The Morgan fingerprint density at radius 1 is 0.318 bits per heavy atom. The molecule has 0 N–H and O–H groups in total. The highest BCUT2D eigenvalue weighted by Gasteiger charge is 2.17. The summed E-state index contributed by atoms with van der Waals surface area (Å²) in [5.41, 5.74) is 17.6. The highest BCUT2D eigenvalue weighted by Crippen LogP contribution is 2.36. The maximum atomic E-state index is 2.37. The molecule has 2 aliphatic rings. The molecule has 0 amide bonds. The molecular weight excluding hydrogens is 793 g/mol. The predicted octanol–water partition coefficient (Wildman–Crippen LogP) is 18.5. The van der Waals surface area contributed by atoms with Gasteiger partial charge in [0.15, 0.2) is 0 Å². The van der Waals surface area contributed by atoms with Crippen molar-refractivity contribution >= 4 is 58.4 Å². The second-order valence-corrected chi connectivity index (χ2v) is 18.6. The van der Waals surface area contributed by atoms with Crippen molar-refractivity contribution in [3.05, 3.63) is 261 Å². The van der Waals surface area contributed by atoms with Crippen LogP contribution in [-0.4, -0.2) is 0 Å². The smallest absolute Gasteiger partial charge is 0.0105 e. The van der Waals surface area contributed by atoms with Crippen LogP contribution in [0.5, 0.6) is 0 Å². The fourth-order valence-corrected chi connectivity index (χ4v) is 10.4. The van der Waals surface area contributed by atoms with Crippen LogP contribution in [0.1, 0.15) is 143 Å². The van der Waals surface area contributed by atoms with Crippen LogP contribution in [0.25, 0.3) is 58.4 Å². The van der Waals surface area contributed by atoms with Crippen molar-refractivity contribution in [2.45, 2.75) is 76.0 Å². The summed E-state index contributed by atoms with van der Waals surface area (Å²) in [4.78, 5) is 0. The van der Waals surface area contributed by atoms with E-state index in [2.05, 4.69) is 231 Å². The van der Waals surface area contributed by atoms with Crippen molar-refractivity contribution < 1.29 is 0 Å². The van der Waals surface area contributed by atoms with E-state index in [1.807, 2.05) is 0 Å². The maximum absolute atomic E-state index is 2.37. The lowest BCUT2D eigenvalue weighted by atomic mass is 9.83. The molecule has 0 aliphatic heterocycles. The van der Waals surface area contributed by atoms with Gasteiger partial charge in [-0.15, -0.1) is 0 Å². The fraction of sp³-hybridized carbons (Fsp3) is 0.182. The lowest BCUT2D eigenvalue weighted by Gasteiger charge is -2.22. The number of hydrogen-bond acceptors (Lipinski definition) is 0. The van der Waals surface area contributed by atoms with Gasteiger partial charge in [-0.3, -0.25) is 0 Å². The van der Waals surface area contributed by atoms with Crippen molar-refractivity contribution in [3.8, 4) is 0 Å². The van der Waals surface area contributed by atoms with Gasteiger partial charge in [0.25, 0.3) is 0 Å². The summed E-state index contributed by atoms with van der Waals surface area (Å²) >= 11 is 0. The Balaban J connectivity index is 0.861. The predicted molar refractivity (Wildman–Crippen MR) is 286 cm³/mol. The Hall–Kier alpha value is -7.02. The van der Waals surface area contributed by atoms with E-state index in [4.69, 9.17) is 0 Å². The van der Waals surface area contributed by atoms with Gasteiger partial charge >= 0.3 is 0 Å². The standard InChI is InChI=1S/C66H60/c1-5-15-54(16-6-1)56-37-41-60(42-38-56)65(58-19-9-3-10-20-58)47-51-30-25-49(26-31-51)29-34-53-45-62-23-13-14-24-64(62)63(46-53)36-35-50-27-32-52(33-28-50)48-66(59-21-11-4-12-22-59)61-43-39-57(40-44-61)55-17-7-2-8-18-55/h3-4,9-14,19-48,54-55H,1-2,5-8,15-18H2. The molecule has 0 heterocycles. The largest absolute Gasteiger partial charge is 0.0622 e. The van der Waals surface area contributed by atoms with Crippen LogP contribution in [0.15, 0.2) is 194 Å². The number of rotatable bonds is 12. The third kappa shape index (κ3) is 10.6. The summed E-state index contributed by atoms with van der Waals surface area (Å²) in [6.45, 7) is 0. The zero-order chi connectivity index (χ0) is 44.3. The van der Waals surface area contributed by atoms with Crippen LogP contribution < -0.4 is 0 Å². The normalized spacial score (nSPS) is 15.5. The first-order valence-corrected chi connectivity index (χ1v) is 24.5. The van der Waals surface area contributed by atoms with E-state index in [1.54, 1.807) is 0 Å². The first-order chi connectivity index (χ1) is 32.7. The summed E-state index contributed by atoms with van der Waals surface area (Å²) in [6.07, 6.45) is 27.1. The molecule has 2 fully saturated rings. The Morgan fingerprint density at radius 2 is 0.712 bits per heavy atom. The van der Waals surface area contributed by atoms with E-state index >= 15 is 0 Å². The molecule has 8 aromatic carbocycles. The summed E-state index contributed by atoms with van der Waals surface area (Å²) in [6, 6.07) is 71.7. The average molecular weight is 853 g/mol. The monoisotopic (exact) mass is 852 g/mol. The molecule has 0 atom stereocenters. The molecule has 2 saturated carbocycles. The molecule has 2 aliphatic carbocycles. The summed E-state index contributed by atoms with van der Waals surface area (Å²) in [5, 5.41) is 2.49. The summed E-state index contributed by atoms with van der Waals surface area (Å²) < 4.78 is 0. The molecule has 0 radical (unpaired) electrons. The van der Waals surface area contributed by atoms with Crippen molar-refractivity contribution in [1.82, 2.24) is 0 Å². The minimum absolute atomic E-state index is 0.709. The van der Waals surface area contributed by atoms with Crippen LogP contribution in [-0.2, 0) is 0 Å². The van der Waals surface area contributed by atoms with Gasteiger partial charge in [-0.05, 0) is 150 Å². The topological polar surface area (TPSA) is 0 Å².